The molecule has 6 N–H and O–H groups in total. The Balaban J connectivity index is 3.66. The van der Waals surface area contributed by atoms with Gasteiger partial charge in [0.1, 0.15) is 0 Å². The van der Waals surface area contributed by atoms with E-state index in [2.05, 4.69) is 21.3 Å². The summed E-state index contributed by atoms with van der Waals surface area (Å²) in [6.07, 6.45) is 0.371. The smallest absolute Gasteiger partial charge is 0.239 e. The molecule has 0 bridgehead atoms. The number of amides is 5. The molecule has 0 saturated carbocycles. The number of nitrogens with two attached hydrogens (primary N) is 1. The minimum Gasteiger partial charge on any atom is -0.370 e. The molecule has 0 aromatic rings. The molecule has 20 heavy (non-hydrogen) atoms. The molecule has 112 valence electrons. The van der Waals surface area contributed by atoms with E-state index in [4.69, 9.17) is 5.73 Å². The first-order valence-corrected chi connectivity index (χ1v) is 5.71. The molecule has 0 aromatic carbocycles. The lowest BCUT2D eigenvalue weighted by Gasteiger charge is -2.07. The third-order valence-electron chi connectivity index (χ3n) is 1.93. The van der Waals surface area contributed by atoms with Gasteiger partial charge in [0, 0.05) is 13.0 Å². The first kappa shape index (κ1) is 17.4. The highest BCUT2D eigenvalue weighted by atomic mass is 16.2. The van der Waals surface area contributed by atoms with Gasteiger partial charge in [0.05, 0.1) is 19.6 Å². The molecular weight excluding hydrogens is 270 g/mol. The lowest BCUT2D eigenvalue weighted by molar-refractivity contribution is -0.127. The molecule has 0 saturated heterocycles. The predicted octanol–water partition coefficient (Wildman–Crippen LogP) is -4.04. The Kier molecular flexibility index (Phi) is 8.93. The van der Waals surface area contributed by atoms with Crippen LogP contribution in [0.25, 0.3) is 0 Å². The zero-order valence-corrected chi connectivity index (χ0v) is 10.7. The molecule has 0 aliphatic rings. The number of carbonyl (C=O) groups excluding carboxylic acids is 5. The molecule has 0 radical (unpaired) electrons. The molecular formula is C10H17N5O5. The van der Waals surface area contributed by atoms with Crippen LogP contribution in [0, 0.1) is 0 Å². The quantitative estimate of drug-likeness (QED) is 0.258. The Morgan fingerprint density at radius 1 is 0.850 bits per heavy atom. The lowest BCUT2D eigenvalue weighted by Crippen LogP contribution is -2.43. The van der Waals surface area contributed by atoms with E-state index in [0.717, 1.165) is 0 Å². The topological polar surface area (TPSA) is 159 Å². The fourth-order valence-electron chi connectivity index (χ4n) is 1.00. The van der Waals surface area contributed by atoms with Crippen LogP contribution in [0.15, 0.2) is 0 Å². The van der Waals surface area contributed by atoms with E-state index in [1.807, 2.05) is 0 Å². The second kappa shape index (κ2) is 10.3. The van der Waals surface area contributed by atoms with Crippen molar-refractivity contribution in [2.75, 3.05) is 26.2 Å². The summed E-state index contributed by atoms with van der Waals surface area (Å²) in [6, 6.07) is 0. The van der Waals surface area contributed by atoms with Gasteiger partial charge >= 0.3 is 0 Å². The van der Waals surface area contributed by atoms with Gasteiger partial charge in [-0.2, -0.15) is 0 Å². The Morgan fingerprint density at radius 3 is 1.85 bits per heavy atom. The third-order valence-corrected chi connectivity index (χ3v) is 1.93. The molecule has 10 heteroatoms. The van der Waals surface area contributed by atoms with Crippen LogP contribution >= 0.6 is 0 Å². The maximum atomic E-state index is 11.2. The van der Waals surface area contributed by atoms with Gasteiger partial charge in [-0.05, 0) is 0 Å². The third kappa shape index (κ3) is 10.5. The molecule has 0 aliphatic heterocycles. The summed E-state index contributed by atoms with van der Waals surface area (Å²) in [5.41, 5.74) is 4.88. The van der Waals surface area contributed by atoms with Crippen molar-refractivity contribution in [2.24, 2.45) is 5.73 Å². The number of carbonyl (C=O) groups is 5. The molecule has 0 unspecified atom stereocenters. The van der Waals surface area contributed by atoms with Crippen LogP contribution in [0.1, 0.15) is 6.42 Å². The van der Waals surface area contributed by atoms with E-state index < -0.39 is 23.6 Å². The average Bonchev–Trinajstić information content (AvgIpc) is 2.40. The lowest BCUT2D eigenvalue weighted by atomic mass is 10.4. The van der Waals surface area contributed by atoms with Crippen LogP contribution in [0.2, 0.25) is 0 Å². The van der Waals surface area contributed by atoms with Crippen molar-refractivity contribution in [3.05, 3.63) is 0 Å². The molecule has 0 heterocycles. The number of rotatable bonds is 10. The zero-order valence-electron chi connectivity index (χ0n) is 10.7. The average molecular weight is 287 g/mol. The predicted molar refractivity (Wildman–Crippen MR) is 66.9 cm³/mol. The van der Waals surface area contributed by atoms with Crippen LogP contribution in [0.4, 0.5) is 0 Å². The summed E-state index contributed by atoms with van der Waals surface area (Å²) >= 11 is 0. The summed E-state index contributed by atoms with van der Waals surface area (Å²) in [5, 5.41) is 8.99. The zero-order chi connectivity index (χ0) is 15.4. The van der Waals surface area contributed by atoms with Crippen molar-refractivity contribution in [3.8, 4) is 0 Å². The number of nitrogens with one attached hydrogen (secondary N) is 4. The van der Waals surface area contributed by atoms with Crippen LogP contribution in [0.5, 0.6) is 0 Å². The van der Waals surface area contributed by atoms with E-state index in [1.54, 1.807) is 0 Å². The second-order valence-electron chi connectivity index (χ2n) is 3.62. The fourth-order valence-corrected chi connectivity index (χ4v) is 1.00. The van der Waals surface area contributed by atoms with Gasteiger partial charge in [-0.15, -0.1) is 0 Å². The van der Waals surface area contributed by atoms with E-state index in [9.17, 15) is 24.0 Å². The van der Waals surface area contributed by atoms with Gasteiger partial charge < -0.3 is 27.0 Å². The molecule has 0 rings (SSSR count). The SMILES string of the molecule is NC(=O)CCNC(=O)CNC(=O)CNC(=O)CNC=O. The van der Waals surface area contributed by atoms with Gasteiger partial charge in [-0.3, -0.25) is 24.0 Å². The van der Waals surface area contributed by atoms with E-state index in [0.29, 0.717) is 6.41 Å². The Morgan fingerprint density at radius 2 is 1.35 bits per heavy atom. The molecule has 0 fully saturated rings. The van der Waals surface area contributed by atoms with Crippen molar-refractivity contribution in [1.82, 2.24) is 21.3 Å². The van der Waals surface area contributed by atoms with Crippen molar-refractivity contribution < 1.29 is 24.0 Å². The standard InChI is InChI=1S/C10H17N5O5/c11-7(17)1-2-13-9(19)4-15-10(20)5-14-8(18)3-12-6-16/h6H,1-5H2,(H2,11,17)(H,12,16)(H,13,19)(H,14,18)(H,15,20). The van der Waals surface area contributed by atoms with Gasteiger partial charge in [0.2, 0.25) is 30.0 Å². The van der Waals surface area contributed by atoms with Gasteiger partial charge in [0.15, 0.2) is 0 Å². The Labute approximate surface area is 114 Å². The van der Waals surface area contributed by atoms with Gasteiger partial charge in [-0.25, -0.2) is 0 Å². The van der Waals surface area contributed by atoms with E-state index in [-0.39, 0.29) is 32.6 Å². The minimum atomic E-state index is -0.561. The number of primary amides is 1. The summed E-state index contributed by atoms with van der Waals surface area (Å²) in [4.78, 5) is 53.8. The molecule has 5 amide bonds. The summed E-state index contributed by atoms with van der Waals surface area (Å²) < 4.78 is 0. The van der Waals surface area contributed by atoms with Crippen molar-refractivity contribution in [1.29, 1.82) is 0 Å². The van der Waals surface area contributed by atoms with Crippen LogP contribution < -0.4 is 27.0 Å². The normalized spacial score (nSPS) is 9.20. The molecule has 0 spiro atoms. The van der Waals surface area contributed by atoms with Crippen molar-refractivity contribution >= 4 is 30.0 Å². The van der Waals surface area contributed by atoms with Crippen molar-refractivity contribution in [3.63, 3.8) is 0 Å². The monoisotopic (exact) mass is 287 g/mol. The number of hydrogen-bond acceptors (Lipinski definition) is 5. The Bertz CT molecular complexity index is 384. The van der Waals surface area contributed by atoms with E-state index >= 15 is 0 Å². The maximum Gasteiger partial charge on any atom is 0.239 e. The first-order valence-electron chi connectivity index (χ1n) is 5.71. The highest BCUT2D eigenvalue weighted by Crippen LogP contribution is 1.74. The van der Waals surface area contributed by atoms with Crippen LogP contribution in [0.3, 0.4) is 0 Å². The van der Waals surface area contributed by atoms with Crippen LogP contribution in [-0.4, -0.2) is 56.2 Å². The molecule has 0 atom stereocenters. The molecule has 10 nitrogen and oxygen atoms in total. The van der Waals surface area contributed by atoms with Gasteiger partial charge in [-0.1, -0.05) is 0 Å². The maximum absolute atomic E-state index is 11.2. The summed E-state index contributed by atoms with van der Waals surface area (Å²) in [7, 11) is 0. The first-order chi connectivity index (χ1) is 9.45. The second-order valence-corrected chi connectivity index (χ2v) is 3.62. The largest absolute Gasteiger partial charge is 0.370 e. The highest BCUT2D eigenvalue weighted by molar-refractivity contribution is 5.89. The highest BCUT2D eigenvalue weighted by Gasteiger charge is 2.07. The number of hydrogen-bond donors (Lipinski definition) is 5. The minimum absolute atomic E-state index is 0.0134. The van der Waals surface area contributed by atoms with Crippen molar-refractivity contribution in [2.45, 2.75) is 6.42 Å². The Hall–Kier alpha value is -2.65. The van der Waals surface area contributed by atoms with Crippen LogP contribution in [-0.2, 0) is 24.0 Å². The molecule has 0 aliphatic carbocycles. The van der Waals surface area contributed by atoms with E-state index in [1.165, 1.54) is 0 Å². The van der Waals surface area contributed by atoms with Gasteiger partial charge in [0.25, 0.3) is 0 Å². The summed E-state index contributed by atoms with van der Waals surface area (Å²) in [5.74, 6) is -2.11. The fraction of sp³-hybridized carbons (Fsp3) is 0.500. The molecule has 0 aromatic heterocycles. The summed E-state index contributed by atoms with van der Waals surface area (Å²) in [6.45, 7) is -0.726.